The van der Waals surface area contributed by atoms with Crippen molar-refractivity contribution < 1.29 is 23.0 Å². The Kier molecular flexibility index (Phi) is 14.0. The van der Waals surface area contributed by atoms with E-state index in [2.05, 4.69) is 52.7 Å². The molecule has 1 aliphatic carbocycles. The first kappa shape index (κ1) is 46.6. The molecule has 346 valence electrons. The molecule has 3 aliphatic heterocycles. The van der Waals surface area contributed by atoms with Crippen molar-refractivity contribution in [1.82, 2.24) is 30.2 Å². The second-order valence-electron chi connectivity index (χ2n) is 17.6. The molecule has 3 saturated heterocycles. The number of nitrogens with one attached hydrogen (secondary N) is 3. The Bertz CT molecular complexity index is 2770. The Hall–Kier alpha value is -5.95. The smallest absolute Gasteiger partial charge is 0.305 e. The van der Waals surface area contributed by atoms with E-state index in [9.17, 15) is 33.4 Å². The summed E-state index contributed by atoms with van der Waals surface area (Å²) in [5.74, 6) is -1.49. The fraction of sp³-hybridized carbons (Fsp3) is 0.391. The lowest BCUT2D eigenvalue weighted by atomic mass is 9.74. The van der Waals surface area contributed by atoms with Crippen LogP contribution in [0.2, 0.25) is 10.0 Å². The average Bonchev–Trinajstić information content (AvgIpc) is 3.90. The number of piperidine rings is 1. The normalized spacial score (nSPS) is 19.0. The van der Waals surface area contributed by atoms with E-state index in [1.165, 1.54) is 101 Å². The number of rotatable bonds is 7. The van der Waals surface area contributed by atoms with Gasteiger partial charge in [-0.25, -0.2) is 28.7 Å². The number of anilines is 5. The largest absolute Gasteiger partial charge is 0.365 e. The Morgan fingerprint density at radius 2 is 1.23 bits per heavy atom. The van der Waals surface area contributed by atoms with Crippen molar-refractivity contribution in [2.75, 3.05) is 61.8 Å². The molecule has 15 nitrogen and oxygen atoms in total. The molecular formula is C46H48Cl2F3N11O4. The van der Waals surface area contributed by atoms with Gasteiger partial charge in [0.2, 0.25) is 5.82 Å². The number of aromatic nitrogens is 4. The van der Waals surface area contributed by atoms with Gasteiger partial charge >= 0.3 is 5.69 Å². The number of halogens is 5. The summed E-state index contributed by atoms with van der Waals surface area (Å²) in [6.45, 7) is 6.24. The zero-order valence-corrected chi connectivity index (χ0v) is 37.6. The first-order chi connectivity index (χ1) is 31.7. The number of hydrogen-bond donors (Lipinski definition) is 3. The van der Waals surface area contributed by atoms with Gasteiger partial charge in [-0.3, -0.25) is 20.2 Å². The Morgan fingerprint density at radius 3 is 1.76 bits per heavy atom. The van der Waals surface area contributed by atoms with Gasteiger partial charge in [-0.2, -0.15) is 4.39 Å². The number of benzene rings is 4. The van der Waals surface area contributed by atoms with Crippen molar-refractivity contribution in [1.29, 1.82) is 0 Å². The van der Waals surface area contributed by atoms with E-state index in [0.717, 1.165) is 69.1 Å². The molecule has 6 aromatic rings. The molecule has 10 rings (SSSR count). The van der Waals surface area contributed by atoms with Crippen LogP contribution < -0.4 is 20.9 Å². The predicted molar refractivity (Wildman–Crippen MR) is 251 cm³/mol. The zero-order chi connectivity index (χ0) is 46.6. The van der Waals surface area contributed by atoms with Gasteiger partial charge in [-0.05, 0) is 107 Å². The summed E-state index contributed by atoms with van der Waals surface area (Å²) in [5.41, 5.74) is 2.61. The van der Waals surface area contributed by atoms with Gasteiger partial charge in [-0.1, -0.05) is 42.5 Å². The average molecular weight is 947 g/mol. The third-order valence-electron chi connectivity index (χ3n) is 13.1. The van der Waals surface area contributed by atoms with E-state index in [1.54, 1.807) is 6.07 Å². The maximum atomic E-state index is 13.6. The van der Waals surface area contributed by atoms with Crippen LogP contribution in [0.5, 0.6) is 0 Å². The fourth-order valence-electron chi connectivity index (χ4n) is 9.74. The number of fused-ring (bicyclic) bond motifs is 2. The number of nitro benzene ring substituents is 2. The van der Waals surface area contributed by atoms with Crippen LogP contribution in [0.1, 0.15) is 57.8 Å². The standard InChI is InChI=1S/C23H24ClFN6O2.C14H7ClF2N4O2.C9H17N/c1-29-8-6-23(12-29)5-2-7-30(13-23)20-11-19-16(10-21(20)31(32)33)22(27-14-26-19)28-15-3-4-18(25)17(24)9-15;15-9-3-7(1-2-10(9)16)20-14-8-4-13(21(22)23)11(17)5-12(8)18-6-19-14;1-2-4-9(5-3-1)6-7-10-8-9/h3-4,9-11,14H,2,5-8,12-13H2,1H3,(H,26,27,28);1-6H,(H,18,19,20);10H,1-8H2. The zero-order valence-electron chi connectivity index (χ0n) is 36.1. The van der Waals surface area contributed by atoms with E-state index >= 15 is 0 Å². The second kappa shape index (κ2) is 19.9. The Labute approximate surface area is 388 Å². The highest BCUT2D eigenvalue weighted by molar-refractivity contribution is 6.31. The minimum Gasteiger partial charge on any atom is -0.365 e. The molecule has 66 heavy (non-hydrogen) atoms. The van der Waals surface area contributed by atoms with Crippen molar-refractivity contribution in [3.05, 3.63) is 121 Å². The van der Waals surface area contributed by atoms with Crippen LogP contribution in [0.4, 0.5) is 53.2 Å². The van der Waals surface area contributed by atoms with E-state index in [0.29, 0.717) is 33.8 Å². The molecule has 4 aliphatic rings. The monoisotopic (exact) mass is 945 g/mol. The summed E-state index contributed by atoms with van der Waals surface area (Å²) in [6, 6.07) is 13.5. The van der Waals surface area contributed by atoms with Crippen LogP contribution in [0.25, 0.3) is 21.8 Å². The van der Waals surface area contributed by atoms with Crippen LogP contribution in [-0.4, -0.2) is 81.0 Å². The van der Waals surface area contributed by atoms with Gasteiger partial charge in [0.05, 0.1) is 36.3 Å². The number of nitrogens with zero attached hydrogens (tertiary/aromatic N) is 8. The molecule has 0 bridgehead atoms. The molecule has 2 spiro atoms. The van der Waals surface area contributed by atoms with Gasteiger partial charge in [0.15, 0.2) is 0 Å². The van der Waals surface area contributed by atoms with Crippen molar-refractivity contribution in [2.24, 2.45) is 10.8 Å². The number of likely N-dealkylation sites (tertiary alicyclic amines) is 1. The summed E-state index contributed by atoms with van der Waals surface area (Å²) in [4.78, 5) is 42.7. The molecular weight excluding hydrogens is 898 g/mol. The van der Waals surface area contributed by atoms with Crippen molar-refractivity contribution >= 4 is 85.1 Å². The van der Waals surface area contributed by atoms with E-state index in [-0.39, 0.29) is 42.8 Å². The highest BCUT2D eigenvalue weighted by atomic mass is 35.5. The SMILES string of the molecule is C1CCC2(CC1)CCNC2.CN1CCC2(CCCN(c3cc4ncnc(Nc5ccc(F)c(Cl)c5)c4cc3[N+](=O)[O-])C2)C1.O=[N+]([O-])c1cc2c(Nc3ccc(F)c(Cl)c3)ncnc2cc1F. The lowest BCUT2D eigenvalue weighted by molar-refractivity contribution is -0.387. The van der Waals surface area contributed by atoms with Gasteiger partial charge in [0.25, 0.3) is 5.69 Å². The first-order valence-electron chi connectivity index (χ1n) is 21.8. The third-order valence-corrected chi connectivity index (χ3v) is 13.7. The summed E-state index contributed by atoms with van der Waals surface area (Å²) in [6.07, 6.45) is 14.8. The highest BCUT2D eigenvalue weighted by Gasteiger charge is 2.41. The topological polar surface area (TPSA) is 180 Å². The number of nitro groups is 2. The van der Waals surface area contributed by atoms with Crippen LogP contribution in [0, 0.1) is 48.5 Å². The molecule has 2 aromatic heterocycles. The molecule has 1 saturated carbocycles. The van der Waals surface area contributed by atoms with Crippen molar-refractivity contribution in [3.63, 3.8) is 0 Å². The molecule has 1 atom stereocenters. The molecule has 0 radical (unpaired) electrons. The quantitative estimate of drug-likeness (QED) is 0.102. The highest BCUT2D eigenvalue weighted by Crippen LogP contribution is 2.44. The Balaban J connectivity index is 0.000000154. The second-order valence-corrected chi connectivity index (χ2v) is 18.5. The molecule has 20 heteroatoms. The summed E-state index contributed by atoms with van der Waals surface area (Å²) < 4.78 is 40.3. The van der Waals surface area contributed by atoms with Crippen LogP contribution >= 0.6 is 23.2 Å². The lowest BCUT2D eigenvalue weighted by Crippen LogP contribution is -2.44. The maximum Gasteiger partial charge on any atom is 0.305 e. The fourth-order valence-corrected chi connectivity index (χ4v) is 10.1. The summed E-state index contributed by atoms with van der Waals surface area (Å²) >= 11 is 11.6. The molecule has 4 aromatic carbocycles. The minimum absolute atomic E-state index is 0.0248. The van der Waals surface area contributed by atoms with Crippen LogP contribution in [0.15, 0.2) is 73.3 Å². The Morgan fingerprint density at radius 1 is 0.652 bits per heavy atom. The molecule has 3 N–H and O–H groups in total. The van der Waals surface area contributed by atoms with Crippen LogP contribution in [0.3, 0.4) is 0 Å². The van der Waals surface area contributed by atoms with Gasteiger partial charge in [-0.15, -0.1) is 0 Å². The third kappa shape index (κ3) is 10.5. The van der Waals surface area contributed by atoms with Gasteiger partial charge < -0.3 is 25.8 Å². The van der Waals surface area contributed by atoms with Crippen LogP contribution in [-0.2, 0) is 0 Å². The maximum absolute atomic E-state index is 13.6. The first-order valence-corrected chi connectivity index (χ1v) is 22.6. The predicted octanol–water partition coefficient (Wildman–Crippen LogP) is 11.1. The van der Waals surface area contributed by atoms with E-state index in [4.69, 9.17) is 23.2 Å². The summed E-state index contributed by atoms with van der Waals surface area (Å²) in [7, 11) is 2.13. The van der Waals surface area contributed by atoms with Gasteiger partial charge in [0.1, 0.15) is 41.6 Å². The van der Waals surface area contributed by atoms with Crippen molar-refractivity contribution in [2.45, 2.75) is 57.8 Å². The van der Waals surface area contributed by atoms with Gasteiger partial charge in [0, 0.05) is 66.6 Å². The lowest BCUT2D eigenvalue weighted by Gasteiger charge is -2.41. The minimum atomic E-state index is -0.989. The van der Waals surface area contributed by atoms with E-state index in [1.807, 2.05) is 0 Å². The van der Waals surface area contributed by atoms with Crippen molar-refractivity contribution in [3.8, 4) is 0 Å². The summed E-state index contributed by atoms with van der Waals surface area (Å²) in [5, 5.41) is 33.0. The molecule has 5 heterocycles. The molecule has 4 fully saturated rings. The molecule has 0 amide bonds. The number of hydrogen-bond acceptors (Lipinski definition) is 13. The van der Waals surface area contributed by atoms with E-state index < -0.39 is 28.1 Å². The molecule has 1 unspecified atom stereocenters.